The van der Waals surface area contributed by atoms with Crippen LogP contribution < -0.4 is 5.73 Å². The maximum absolute atomic E-state index is 5.85. The second-order valence-electron chi connectivity index (χ2n) is 3.38. The molecule has 0 saturated carbocycles. The van der Waals surface area contributed by atoms with Crippen molar-refractivity contribution < 1.29 is 0 Å². The summed E-state index contributed by atoms with van der Waals surface area (Å²) in [5.74, 6) is 0.490. The molecular weight excluding hydrogens is 186 g/mol. The second kappa shape index (κ2) is 3.69. The summed E-state index contributed by atoms with van der Waals surface area (Å²) < 4.78 is 0. The van der Waals surface area contributed by atoms with Crippen molar-refractivity contribution >= 4 is 28.6 Å². The van der Waals surface area contributed by atoms with Crippen molar-refractivity contribution in [1.82, 2.24) is 4.98 Å². The Kier molecular flexibility index (Phi) is 2.37. The van der Waals surface area contributed by atoms with Crippen molar-refractivity contribution in [2.24, 2.45) is 4.99 Å². The number of nitrogens with two attached hydrogens (primary N) is 1. The van der Waals surface area contributed by atoms with Crippen LogP contribution in [0.25, 0.3) is 10.9 Å². The van der Waals surface area contributed by atoms with Crippen LogP contribution in [-0.2, 0) is 0 Å². The lowest BCUT2D eigenvalue weighted by atomic mass is 10.1. The molecule has 0 aliphatic rings. The monoisotopic (exact) mass is 199 g/mol. The fraction of sp³-hybridized carbons (Fsp3) is 0.167. The van der Waals surface area contributed by atoms with Crippen LogP contribution in [0.1, 0.15) is 12.5 Å². The lowest BCUT2D eigenvalue weighted by molar-refractivity contribution is 1.34. The minimum atomic E-state index is 0.490. The quantitative estimate of drug-likeness (QED) is 0.718. The molecule has 3 nitrogen and oxygen atoms in total. The van der Waals surface area contributed by atoms with E-state index in [1.807, 2.05) is 38.1 Å². The lowest BCUT2D eigenvalue weighted by Crippen LogP contribution is -1.94. The lowest BCUT2D eigenvalue weighted by Gasteiger charge is -2.07. The van der Waals surface area contributed by atoms with E-state index in [2.05, 4.69) is 9.98 Å². The number of hydrogen-bond acceptors (Lipinski definition) is 3. The average molecular weight is 199 g/mol. The van der Waals surface area contributed by atoms with Crippen LogP contribution in [0, 0.1) is 6.92 Å². The molecule has 76 valence electrons. The van der Waals surface area contributed by atoms with Gasteiger partial charge in [0.15, 0.2) is 0 Å². The van der Waals surface area contributed by atoms with Crippen LogP contribution in [0.3, 0.4) is 0 Å². The van der Waals surface area contributed by atoms with Gasteiger partial charge in [0, 0.05) is 11.6 Å². The van der Waals surface area contributed by atoms with Gasteiger partial charge in [-0.25, -0.2) is 4.98 Å². The summed E-state index contributed by atoms with van der Waals surface area (Å²) in [6.07, 6.45) is 1.73. The maximum Gasteiger partial charge on any atom is 0.150 e. The zero-order valence-electron chi connectivity index (χ0n) is 8.86. The first-order valence-corrected chi connectivity index (χ1v) is 4.87. The van der Waals surface area contributed by atoms with Gasteiger partial charge in [0.05, 0.1) is 5.52 Å². The van der Waals surface area contributed by atoms with Gasteiger partial charge in [-0.05, 0) is 25.5 Å². The summed E-state index contributed by atoms with van der Waals surface area (Å²) in [5, 5.41) is 1.10. The summed E-state index contributed by atoms with van der Waals surface area (Å²) in [6, 6.07) is 7.94. The number of nitrogen functional groups attached to an aromatic ring is 1. The van der Waals surface area contributed by atoms with E-state index in [9.17, 15) is 0 Å². The SMILES string of the molecule is C/C=N\c1c(N)nc2ccccc2c1C. The number of nitrogens with zero attached hydrogens (tertiary/aromatic N) is 2. The summed E-state index contributed by atoms with van der Waals surface area (Å²) in [7, 11) is 0. The van der Waals surface area contributed by atoms with Crippen molar-refractivity contribution in [2.75, 3.05) is 5.73 Å². The molecular formula is C12H13N3. The molecule has 0 amide bonds. The molecule has 0 aliphatic carbocycles. The Labute approximate surface area is 88.7 Å². The van der Waals surface area contributed by atoms with E-state index >= 15 is 0 Å². The Hall–Kier alpha value is -1.90. The maximum atomic E-state index is 5.85. The highest BCUT2D eigenvalue weighted by Crippen LogP contribution is 2.30. The van der Waals surface area contributed by atoms with Crippen LogP contribution in [0.5, 0.6) is 0 Å². The molecule has 1 aromatic heterocycles. The highest BCUT2D eigenvalue weighted by molar-refractivity contribution is 5.90. The molecule has 0 unspecified atom stereocenters. The van der Waals surface area contributed by atoms with E-state index in [0.29, 0.717) is 5.82 Å². The highest BCUT2D eigenvalue weighted by atomic mass is 14.9. The number of aliphatic imine (C=N–C) groups is 1. The van der Waals surface area contributed by atoms with Gasteiger partial charge in [-0.15, -0.1) is 0 Å². The Morgan fingerprint density at radius 1 is 1.33 bits per heavy atom. The normalized spacial score (nSPS) is 11.3. The van der Waals surface area contributed by atoms with Gasteiger partial charge >= 0.3 is 0 Å². The second-order valence-corrected chi connectivity index (χ2v) is 3.38. The minimum Gasteiger partial charge on any atom is -0.382 e. The van der Waals surface area contributed by atoms with Crippen LogP contribution in [0.2, 0.25) is 0 Å². The minimum absolute atomic E-state index is 0.490. The van der Waals surface area contributed by atoms with E-state index in [1.54, 1.807) is 6.21 Å². The molecule has 0 aliphatic heterocycles. The van der Waals surface area contributed by atoms with Crippen molar-refractivity contribution in [3.05, 3.63) is 29.8 Å². The van der Waals surface area contributed by atoms with Gasteiger partial charge in [0.1, 0.15) is 11.5 Å². The van der Waals surface area contributed by atoms with Gasteiger partial charge in [-0.3, -0.25) is 4.99 Å². The number of hydrogen-bond donors (Lipinski definition) is 1. The van der Waals surface area contributed by atoms with Crippen LogP contribution in [0.4, 0.5) is 11.5 Å². The standard InChI is InChI=1S/C12H13N3/c1-3-14-11-8(2)9-6-4-5-7-10(9)15-12(11)13/h3-7H,1-2H3,(H2,13,15)/b14-3-. The topological polar surface area (TPSA) is 51.3 Å². The molecule has 2 N–H and O–H groups in total. The number of pyridine rings is 1. The molecule has 0 bridgehead atoms. The fourth-order valence-electron chi connectivity index (χ4n) is 1.68. The number of aromatic nitrogens is 1. The summed E-state index contributed by atoms with van der Waals surface area (Å²) in [4.78, 5) is 8.56. The Morgan fingerprint density at radius 3 is 2.80 bits per heavy atom. The van der Waals surface area contributed by atoms with Gasteiger partial charge in [-0.2, -0.15) is 0 Å². The van der Waals surface area contributed by atoms with Gasteiger partial charge in [0.2, 0.25) is 0 Å². The van der Waals surface area contributed by atoms with E-state index < -0.39 is 0 Å². The Bertz CT molecular complexity index is 530. The summed E-state index contributed by atoms with van der Waals surface area (Å²) in [6.45, 7) is 3.89. The van der Waals surface area contributed by atoms with E-state index in [1.165, 1.54) is 0 Å². The number of fused-ring (bicyclic) bond motifs is 1. The number of anilines is 1. The molecule has 0 atom stereocenters. The third-order valence-corrected chi connectivity index (χ3v) is 2.40. The number of para-hydroxylation sites is 1. The molecule has 1 heterocycles. The third-order valence-electron chi connectivity index (χ3n) is 2.40. The number of rotatable bonds is 1. The van der Waals surface area contributed by atoms with Crippen molar-refractivity contribution in [2.45, 2.75) is 13.8 Å². The van der Waals surface area contributed by atoms with Crippen LogP contribution in [0.15, 0.2) is 29.3 Å². The zero-order chi connectivity index (χ0) is 10.8. The average Bonchev–Trinajstić information content (AvgIpc) is 2.24. The molecule has 0 spiro atoms. The zero-order valence-corrected chi connectivity index (χ0v) is 8.86. The Balaban J connectivity index is 2.83. The van der Waals surface area contributed by atoms with Crippen molar-refractivity contribution in [3.8, 4) is 0 Å². The molecule has 2 aromatic rings. The summed E-state index contributed by atoms with van der Waals surface area (Å²) >= 11 is 0. The smallest absolute Gasteiger partial charge is 0.150 e. The molecule has 1 aromatic carbocycles. The summed E-state index contributed by atoms with van der Waals surface area (Å²) in [5.41, 5.74) is 8.62. The predicted molar refractivity (Wildman–Crippen MR) is 64.7 cm³/mol. The van der Waals surface area contributed by atoms with Crippen LogP contribution >= 0.6 is 0 Å². The predicted octanol–water partition coefficient (Wildman–Crippen LogP) is 2.85. The van der Waals surface area contributed by atoms with Gasteiger partial charge < -0.3 is 5.73 Å². The Morgan fingerprint density at radius 2 is 2.07 bits per heavy atom. The van der Waals surface area contributed by atoms with Gasteiger partial charge in [-0.1, -0.05) is 18.2 Å². The molecule has 2 rings (SSSR count). The van der Waals surface area contributed by atoms with Gasteiger partial charge in [0.25, 0.3) is 0 Å². The third kappa shape index (κ3) is 1.56. The number of benzene rings is 1. The number of aryl methyl sites for hydroxylation is 1. The molecule has 0 saturated heterocycles. The molecule has 3 heteroatoms. The fourth-order valence-corrected chi connectivity index (χ4v) is 1.68. The van der Waals surface area contributed by atoms with Crippen LogP contribution in [-0.4, -0.2) is 11.2 Å². The van der Waals surface area contributed by atoms with Crippen molar-refractivity contribution in [1.29, 1.82) is 0 Å². The largest absolute Gasteiger partial charge is 0.382 e. The van der Waals surface area contributed by atoms with E-state index in [0.717, 1.165) is 22.2 Å². The first-order valence-electron chi connectivity index (χ1n) is 4.87. The van der Waals surface area contributed by atoms with E-state index in [4.69, 9.17) is 5.73 Å². The first-order chi connectivity index (χ1) is 7.24. The van der Waals surface area contributed by atoms with Crippen molar-refractivity contribution in [3.63, 3.8) is 0 Å². The molecule has 0 radical (unpaired) electrons. The first kappa shape index (κ1) is 9.65. The molecule has 0 fully saturated rings. The highest BCUT2D eigenvalue weighted by Gasteiger charge is 2.07. The molecule has 15 heavy (non-hydrogen) atoms. The van der Waals surface area contributed by atoms with E-state index in [-0.39, 0.29) is 0 Å².